The van der Waals surface area contributed by atoms with Crippen molar-refractivity contribution in [2.24, 2.45) is 0 Å². The third-order valence-electron chi connectivity index (χ3n) is 2.53. The van der Waals surface area contributed by atoms with E-state index >= 15 is 0 Å². The topological polar surface area (TPSA) is 37.8 Å². The Morgan fingerprint density at radius 3 is 2.33 bits per heavy atom. The average molecular weight is 261 g/mol. The van der Waals surface area contributed by atoms with Gasteiger partial charge in [0.1, 0.15) is 18.1 Å². The van der Waals surface area contributed by atoms with Crippen molar-refractivity contribution in [3.8, 4) is 0 Å². The SMILES string of the molecule is CCCNc1nc(CC(F)(F)F)nc(CC)c1C. The fourth-order valence-corrected chi connectivity index (χ4v) is 1.63. The van der Waals surface area contributed by atoms with Crippen LogP contribution in [0.5, 0.6) is 0 Å². The number of hydrogen-bond donors (Lipinski definition) is 1. The van der Waals surface area contributed by atoms with Crippen LogP contribution < -0.4 is 5.32 Å². The Bertz CT molecular complexity index is 402. The highest BCUT2D eigenvalue weighted by Crippen LogP contribution is 2.22. The van der Waals surface area contributed by atoms with Crippen molar-refractivity contribution in [1.29, 1.82) is 0 Å². The Hall–Kier alpha value is -1.33. The van der Waals surface area contributed by atoms with Gasteiger partial charge in [-0.1, -0.05) is 13.8 Å². The summed E-state index contributed by atoms with van der Waals surface area (Å²) in [5.41, 5.74) is 1.50. The molecule has 6 heteroatoms. The molecule has 102 valence electrons. The molecule has 0 saturated carbocycles. The standard InChI is InChI=1S/C12H18F3N3/c1-4-6-16-11-8(3)9(5-2)17-10(18-11)7-12(13,14)15/h4-7H2,1-3H3,(H,16,17,18). The molecule has 1 aromatic heterocycles. The van der Waals surface area contributed by atoms with E-state index in [2.05, 4.69) is 15.3 Å². The molecule has 0 bridgehead atoms. The average Bonchev–Trinajstić information content (AvgIpc) is 2.27. The molecule has 18 heavy (non-hydrogen) atoms. The van der Waals surface area contributed by atoms with Gasteiger partial charge in [-0.15, -0.1) is 0 Å². The summed E-state index contributed by atoms with van der Waals surface area (Å²) in [7, 11) is 0. The molecule has 0 fully saturated rings. The van der Waals surface area contributed by atoms with Gasteiger partial charge < -0.3 is 5.32 Å². The number of alkyl halides is 3. The van der Waals surface area contributed by atoms with E-state index in [-0.39, 0.29) is 5.82 Å². The van der Waals surface area contributed by atoms with E-state index < -0.39 is 12.6 Å². The second kappa shape index (κ2) is 6.02. The second-order valence-corrected chi connectivity index (χ2v) is 4.13. The fourth-order valence-electron chi connectivity index (χ4n) is 1.63. The zero-order chi connectivity index (χ0) is 13.8. The molecule has 0 unspecified atom stereocenters. The minimum atomic E-state index is -4.28. The summed E-state index contributed by atoms with van der Waals surface area (Å²) in [4.78, 5) is 7.94. The van der Waals surface area contributed by atoms with Gasteiger partial charge >= 0.3 is 6.18 Å². The van der Waals surface area contributed by atoms with Crippen molar-refractivity contribution in [1.82, 2.24) is 9.97 Å². The summed E-state index contributed by atoms with van der Waals surface area (Å²) >= 11 is 0. The van der Waals surface area contributed by atoms with Crippen molar-refractivity contribution in [3.05, 3.63) is 17.1 Å². The number of nitrogens with zero attached hydrogens (tertiary/aromatic N) is 2. The summed E-state index contributed by atoms with van der Waals surface area (Å²) < 4.78 is 37.1. The van der Waals surface area contributed by atoms with Gasteiger partial charge in [0.2, 0.25) is 0 Å². The van der Waals surface area contributed by atoms with Gasteiger partial charge in [-0.3, -0.25) is 0 Å². The van der Waals surface area contributed by atoms with E-state index in [1.807, 2.05) is 20.8 Å². The van der Waals surface area contributed by atoms with Gasteiger partial charge in [-0.05, 0) is 19.8 Å². The number of nitrogens with one attached hydrogen (secondary N) is 1. The van der Waals surface area contributed by atoms with Crippen molar-refractivity contribution in [3.63, 3.8) is 0 Å². The van der Waals surface area contributed by atoms with Gasteiger partial charge in [-0.25, -0.2) is 9.97 Å². The maximum Gasteiger partial charge on any atom is 0.396 e. The molecule has 1 N–H and O–H groups in total. The summed E-state index contributed by atoms with van der Waals surface area (Å²) in [5, 5.41) is 3.05. The molecule has 0 aliphatic heterocycles. The van der Waals surface area contributed by atoms with Crippen molar-refractivity contribution in [2.45, 2.75) is 46.2 Å². The predicted octanol–water partition coefficient (Wildman–Crippen LogP) is 3.27. The molecule has 0 amide bonds. The number of halogens is 3. The van der Waals surface area contributed by atoms with Crippen molar-refractivity contribution in [2.75, 3.05) is 11.9 Å². The molecule has 1 heterocycles. The van der Waals surface area contributed by atoms with E-state index in [1.54, 1.807) is 0 Å². The molecule has 1 aromatic rings. The van der Waals surface area contributed by atoms with Gasteiger partial charge in [0.15, 0.2) is 0 Å². The highest BCUT2D eigenvalue weighted by atomic mass is 19.4. The number of anilines is 1. The molecule has 0 aromatic carbocycles. The highest BCUT2D eigenvalue weighted by molar-refractivity contribution is 5.45. The lowest BCUT2D eigenvalue weighted by Crippen LogP contribution is -2.17. The Balaban J connectivity index is 3.05. The quantitative estimate of drug-likeness (QED) is 0.884. The van der Waals surface area contributed by atoms with Gasteiger partial charge in [0.05, 0.1) is 0 Å². The van der Waals surface area contributed by atoms with Crippen LogP contribution in [0.4, 0.5) is 19.0 Å². The molecule has 0 aliphatic rings. The first-order valence-corrected chi connectivity index (χ1v) is 6.04. The Labute approximate surface area is 105 Å². The van der Waals surface area contributed by atoms with Crippen LogP contribution in [0.3, 0.4) is 0 Å². The van der Waals surface area contributed by atoms with E-state index in [0.29, 0.717) is 24.5 Å². The van der Waals surface area contributed by atoms with E-state index in [9.17, 15) is 13.2 Å². The molecule has 0 saturated heterocycles. The monoisotopic (exact) mass is 261 g/mol. The van der Waals surface area contributed by atoms with Crippen LogP contribution in [-0.4, -0.2) is 22.7 Å². The Morgan fingerprint density at radius 2 is 1.83 bits per heavy atom. The molecule has 0 atom stereocenters. The normalized spacial score (nSPS) is 11.7. The minimum Gasteiger partial charge on any atom is -0.370 e. The molecule has 0 spiro atoms. The third kappa shape index (κ3) is 4.16. The zero-order valence-corrected chi connectivity index (χ0v) is 10.9. The maximum atomic E-state index is 12.4. The molecule has 0 aliphatic carbocycles. The number of rotatable bonds is 5. The highest BCUT2D eigenvalue weighted by Gasteiger charge is 2.30. The summed E-state index contributed by atoms with van der Waals surface area (Å²) in [6.45, 7) is 6.37. The van der Waals surface area contributed by atoms with Gasteiger partial charge in [0.25, 0.3) is 0 Å². The molecule has 1 rings (SSSR count). The zero-order valence-electron chi connectivity index (χ0n) is 10.9. The summed E-state index contributed by atoms with van der Waals surface area (Å²) in [6, 6.07) is 0. The summed E-state index contributed by atoms with van der Waals surface area (Å²) in [6.07, 6.45) is -3.87. The first-order chi connectivity index (χ1) is 8.37. The molecular weight excluding hydrogens is 243 g/mol. The van der Waals surface area contributed by atoms with Crippen LogP contribution in [0.25, 0.3) is 0 Å². The molecular formula is C12H18F3N3. The number of hydrogen-bond acceptors (Lipinski definition) is 3. The summed E-state index contributed by atoms with van der Waals surface area (Å²) in [5.74, 6) is 0.353. The Morgan fingerprint density at radius 1 is 1.17 bits per heavy atom. The maximum absolute atomic E-state index is 12.4. The number of aryl methyl sites for hydroxylation is 1. The van der Waals surface area contributed by atoms with E-state index in [0.717, 1.165) is 12.0 Å². The van der Waals surface area contributed by atoms with E-state index in [4.69, 9.17) is 0 Å². The lowest BCUT2D eigenvalue weighted by Gasteiger charge is -2.13. The third-order valence-corrected chi connectivity index (χ3v) is 2.53. The van der Waals surface area contributed by atoms with Crippen LogP contribution >= 0.6 is 0 Å². The van der Waals surface area contributed by atoms with Gasteiger partial charge in [0, 0.05) is 17.8 Å². The lowest BCUT2D eigenvalue weighted by molar-refractivity contribution is -0.128. The molecule has 0 radical (unpaired) electrons. The second-order valence-electron chi connectivity index (χ2n) is 4.13. The van der Waals surface area contributed by atoms with Crippen LogP contribution in [0, 0.1) is 6.92 Å². The molecule has 3 nitrogen and oxygen atoms in total. The smallest absolute Gasteiger partial charge is 0.370 e. The Kier molecular flexibility index (Phi) is 4.93. The van der Waals surface area contributed by atoms with Crippen LogP contribution in [0.1, 0.15) is 37.4 Å². The lowest BCUT2D eigenvalue weighted by atomic mass is 10.2. The minimum absolute atomic E-state index is 0.163. The van der Waals surface area contributed by atoms with Crippen molar-refractivity contribution >= 4 is 5.82 Å². The van der Waals surface area contributed by atoms with Crippen LogP contribution in [0.15, 0.2) is 0 Å². The van der Waals surface area contributed by atoms with Crippen LogP contribution in [0.2, 0.25) is 0 Å². The first kappa shape index (κ1) is 14.7. The van der Waals surface area contributed by atoms with Crippen LogP contribution in [-0.2, 0) is 12.8 Å². The first-order valence-electron chi connectivity index (χ1n) is 6.04. The largest absolute Gasteiger partial charge is 0.396 e. The fraction of sp³-hybridized carbons (Fsp3) is 0.667. The van der Waals surface area contributed by atoms with E-state index in [1.165, 1.54) is 0 Å². The number of aromatic nitrogens is 2. The predicted molar refractivity (Wildman–Crippen MR) is 64.7 cm³/mol. The van der Waals surface area contributed by atoms with Crippen molar-refractivity contribution < 1.29 is 13.2 Å². The van der Waals surface area contributed by atoms with Gasteiger partial charge in [-0.2, -0.15) is 13.2 Å².